The van der Waals surface area contributed by atoms with Crippen molar-refractivity contribution in [2.24, 2.45) is 17.8 Å². The number of nitrogens with zero attached hydrogens (tertiary/aromatic N) is 1. The van der Waals surface area contributed by atoms with Crippen molar-refractivity contribution in [1.29, 1.82) is 0 Å². The standard InChI is InChI=1S/C20H28N2O3S/c1-14-10-12-22(13-11-14)26(24,25)18-8-6-17(7-9-18)20(23)21-19(15-2-3-15)16-4-5-16/h6-9,14-16,19H,2-5,10-13H2,1H3,(H,21,23). The maximum Gasteiger partial charge on any atom is 0.251 e. The summed E-state index contributed by atoms with van der Waals surface area (Å²) < 4.78 is 27.1. The van der Waals surface area contributed by atoms with Gasteiger partial charge >= 0.3 is 0 Å². The van der Waals surface area contributed by atoms with Crippen LogP contribution < -0.4 is 5.32 Å². The number of benzene rings is 1. The molecule has 5 nitrogen and oxygen atoms in total. The van der Waals surface area contributed by atoms with Crippen molar-refractivity contribution in [3.8, 4) is 0 Å². The number of hydrogen-bond acceptors (Lipinski definition) is 3. The maximum absolute atomic E-state index is 12.8. The van der Waals surface area contributed by atoms with E-state index in [9.17, 15) is 13.2 Å². The second-order valence-electron chi connectivity index (χ2n) is 8.29. The summed E-state index contributed by atoms with van der Waals surface area (Å²) in [6.07, 6.45) is 6.67. The van der Waals surface area contributed by atoms with Crippen LogP contribution in [0.1, 0.15) is 55.8 Å². The summed E-state index contributed by atoms with van der Waals surface area (Å²) in [5.74, 6) is 1.79. The third-order valence-corrected chi connectivity index (χ3v) is 7.97. The summed E-state index contributed by atoms with van der Waals surface area (Å²) in [6, 6.07) is 6.75. The Labute approximate surface area is 156 Å². The predicted molar refractivity (Wildman–Crippen MR) is 100 cm³/mol. The lowest BCUT2D eigenvalue weighted by molar-refractivity contribution is 0.0926. The molecule has 0 bridgehead atoms. The lowest BCUT2D eigenvalue weighted by atomic mass is 10.0. The normalized spacial score (nSPS) is 22.5. The van der Waals surface area contributed by atoms with E-state index < -0.39 is 10.0 Å². The molecule has 2 saturated carbocycles. The number of amides is 1. The minimum atomic E-state index is -3.46. The molecule has 1 aromatic rings. The average Bonchev–Trinajstić information content (AvgIpc) is 3.54. The lowest BCUT2D eigenvalue weighted by Gasteiger charge is -2.29. The fourth-order valence-electron chi connectivity index (χ4n) is 3.92. The van der Waals surface area contributed by atoms with Gasteiger partial charge in [-0.1, -0.05) is 6.92 Å². The summed E-state index contributed by atoms with van der Waals surface area (Å²) in [7, 11) is -3.46. The van der Waals surface area contributed by atoms with Crippen LogP contribution in [0.4, 0.5) is 0 Å². The molecule has 142 valence electrons. The Kier molecular flexibility index (Phi) is 4.82. The molecule has 3 aliphatic rings. The Morgan fingerprint density at radius 1 is 1.00 bits per heavy atom. The van der Waals surface area contributed by atoms with Crippen LogP contribution in [-0.2, 0) is 10.0 Å². The predicted octanol–water partition coefficient (Wildman–Crippen LogP) is 3.03. The van der Waals surface area contributed by atoms with Gasteiger partial charge in [-0.3, -0.25) is 4.79 Å². The Balaban J connectivity index is 1.43. The first-order valence-corrected chi connectivity index (χ1v) is 11.3. The van der Waals surface area contributed by atoms with Crippen LogP contribution in [0.2, 0.25) is 0 Å². The zero-order valence-electron chi connectivity index (χ0n) is 15.4. The molecule has 26 heavy (non-hydrogen) atoms. The molecule has 0 radical (unpaired) electrons. The van der Waals surface area contributed by atoms with Gasteiger partial charge in [0, 0.05) is 24.7 Å². The van der Waals surface area contributed by atoms with Gasteiger partial charge in [0.15, 0.2) is 0 Å². The van der Waals surface area contributed by atoms with Crippen molar-refractivity contribution in [1.82, 2.24) is 9.62 Å². The van der Waals surface area contributed by atoms with E-state index in [1.165, 1.54) is 25.7 Å². The monoisotopic (exact) mass is 376 g/mol. The number of piperidine rings is 1. The van der Waals surface area contributed by atoms with E-state index in [-0.39, 0.29) is 10.8 Å². The molecule has 1 amide bonds. The van der Waals surface area contributed by atoms with E-state index in [0.29, 0.717) is 42.4 Å². The molecule has 2 aliphatic carbocycles. The van der Waals surface area contributed by atoms with E-state index in [1.807, 2.05) is 0 Å². The van der Waals surface area contributed by atoms with Gasteiger partial charge < -0.3 is 5.32 Å². The molecule has 0 spiro atoms. The van der Waals surface area contributed by atoms with Gasteiger partial charge in [0.1, 0.15) is 0 Å². The highest BCUT2D eigenvalue weighted by atomic mass is 32.2. The number of sulfonamides is 1. The van der Waals surface area contributed by atoms with Crippen LogP contribution in [-0.4, -0.2) is 37.8 Å². The number of carbonyl (C=O) groups excluding carboxylic acids is 1. The molecule has 1 aliphatic heterocycles. The summed E-state index contributed by atoms with van der Waals surface area (Å²) in [5, 5.41) is 3.18. The van der Waals surface area contributed by atoms with Gasteiger partial charge in [-0.2, -0.15) is 4.31 Å². The van der Waals surface area contributed by atoms with Crippen LogP contribution >= 0.6 is 0 Å². The van der Waals surface area contributed by atoms with Crippen LogP contribution in [0.5, 0.6) is 0 Å². The van der Waals surface area contributed by atoms with Crippen molar-refractivity contribution in [3.05, 3.63) is 29.8 Å². The number of carbonyl (C=O) groups is 1. The van der Waals surface area contributed by atoms with Crippen molar-refractivity contribution in [2.75, 3.05) is 13.1 Å². The minimum absolute atomic E-state index is 0.0791. The summed E-state index contributed by atoms with van der Waals surface area (Å²) in [4.78, 5) is 12.8. The number of hydrogen-bond donors (Lipinski definition) is 1. The minimum Gasteiger partial charge on any atom is -0.349 e. The van der Waals surface area contributed by atoms with E-state index in [0.717, 1.165) is 12.8 Å². The largest absolute Gasteiger partial charge is 0.349 e. The van der Waals surface area contributed by atoms with Crippen LogP contribution in [0.25, 0.3) is 0 Å². The average molecular weight is 377 g/mol. The van der Waals surface area contributed by atoms with Gasteiger partial charge in [0.2, 0.25) is 10.0 Å². The third-order valence-electron chi connectivity index (χ3n) is 6.05. The van der Waals surface area contributed by atoms with Crippen molar-refractivity contribution >= 4 is 15.9 Å². The second-order valence-corrected chi connectivity index (χ2v) is 10.2. The van der Waals surface area contributed by atoms with E-state index in [2.05, 4.69) is 12.2 Å². The molecule has 1 saturated heterocycles. The molecule has 0 unspecified atom stereocenters. The van der Waals surface area contributed by atoms with Gasteiger partial charge in [0.25, 0.3) is 5.91 Å². The Hall–Kier alpha value is -1.40. The second kappa shape index (κ2) is 6.97. The fourth-order valence-corrected chi connectivity index (χ4v) is 5.39. The van der Waals surface area contributed by atoms with Gasteiger partial charge in [0.05, 0.1) is 4.90 Å². The quantitative estimate of drug-likeness (QED) is 0.830. The van der Waals surface area contributed by atoms with Gasteiger partial charge in [-0.25, -0.2) is 8.42 Å². The first-order chi connectivity index (χ1) is 12.4. The molecular weight excluding hydrogens is 348 g/mol. The molecular formula is C20H28N2O3S. The topological polar surface area (TPSA) is 66.5 Å². The highest BCUT2D eigenvalue weighted by molar-refractivity contribution is 7.89. The lowest BCUT2D eigenvalue weighted by Crippen LogP contribution is -2.38. The first kappa shape index (κ1) is 18.0. The fraction of sp³-hybridized carbons (Fsp3) is 0.650. The first-order valence-electron chi connectivity index (χ1n) is 9.86. The molecule has 1 aromatic carbocycles. The van der Waals surface area contributed by atoms with E-state index in [4.69, 9.17) is 0 Å². The smallest absolute Gasteiger partial charge is 0.251 e. The SMILES string of the molecule is CC1CCN(S(=O)(=O)c2ccc(C(=O)NC(C3CC3)C3CC3)cc2)CC1. The molecule has 0 aromatic heterocycles. The van der Waals surface area contributed by atoms with E-state index in [1.54, 1.807) is 28.6 Å². The van der Waals surface area contributed by atoms with Crippen molar-refractivity contribution in [2.45, 2.75) is 56.4 Å². The zero-order valence-corrected chi connectivity index (χ0v) is 16.2. The zero-order chi connectivity index (χ0) is 18.3. The van der Waals surface area contributed by atoms with Crippen LogP contribution in [0.3, 0.4) is 0 Å². The molecule has 3 fully saturated rings. The van der Waals surface area contributed by atoms with E-state index >= 15 is 0 Å². The van der Waals surface area contributed by atoms with Crippen LogP contribution in [0, 0.1) is 17.8 Å². The number of nitrogens with one attached hydrogen (secondary N) is 1. The maximum atomic E-state index is 12.8. The van der Waals surface area contributed by atoms with Crippen molar-refractivity contribution < 1.29 is 13.2 Å². The summed E-state index contributed by atoms with van der Waals surface area (Å²) in [5.41, 5.74) is 0.544. The summed E-state index contributed by atoms with van der Waals surface area (Å²) >= 11 is 0. The Morgan fingerprint density at radius 2 is 1.54 bits per heavy atom. The Bertz CT molecular complexity index is 747. The third kappa shape index (κ3) is 3.81. The van der Waals surface area contributed by atoms with Crippen molar-refractivity contribution in [3.63, 3.8) is 0 Å². The highest BCUT2D eigenvalue weighted by Crippen LogP contribution is 2.44. The van der Waals surface area contributed by atoms with Gasteiger partial charge in [-0.15, -0.1) is 0 Å². The summed E-state index contributed by atoms with van der Waals surface area (Å²) in [6.45, 7) is 3.32. The molecule has 1 heterocycles. The number of rotatable bonds is 6. The van der Waals surface area contributed by atoms with Gasteiger partial charge in [-0.05, 0) is 80.5 Å². The highest BCUT2D eigenvalue weighted by Gasteiger charge is 2.42. The van der Waals surface area contributed by atoms with Crippen LogP contribution in [0.15, 0.2) is 29.2 Å². The molecule has 4 rings (SSSR count). The molecule has 0 atom stereocenters. The molecule has 6 heteroatoms. The Morgan fingerprint density at radius 3 is 2.04 bits per heavy atom. The molecule has 1 N–H and O–H groups in total.